The van der Waals surface area contributed by atoms with Gasteiger partial charge in [-0.05, 0) is 24.6 Å². The number of methoxy groups -OCH3 is 1. The third-order valence-electron chi connectivity index (χ3n) is 1.60. The van der Waals surface area contributed by atoms with E-state index in [2.05, 4.69) is 11.6 Å². The van der Waals surface area contributed by atoms with Crippen molar-refractivity contribution in [3.63, 3.8) is 0 Å². The normalized spacial score (nSPS) is 9.46. The molecule has 1 heterocycles. The Balaban J connectivity index is 3.18. The Morgan fingerprint density at radius 2 is 2.31 bits per heavy atom. The molecule has 1 rings (SSSR count). The van der Waals surface area contributed by atoms with E-state index >= 15 is 0 Å². The summed E-state index contributed by atoms with van der Waals surface area (Å²) in [6, 6.07) is 3.33. The SMILES string of the molecule is C=C(C)c1nc(NO)ccc1OC. The van der Waals surface area contributed by atoms with E-state index in [1.807, 2.05) is 12.4 Å². The largest absolute Gasteiger partial charge is 0.494 e. The molecule has 1 aromatic rings. The second-order valence-corrected chi connectivity index (χ2v) is 2.64. The number of rotatable bonds is 3. The molecule has 2 N–H and O–H groups in total. The van der Waals surface area contributed by atoms with Gasteiger partial charge in [-0.2, -0.15) is 0 Å². The zero-order valence-electron chi connectivity index (χ0n) is 7.66. The number of aromatic nitrogens is 1. The molecule has 0 unspecified atom stereocenters. The highest BCUT2D eigenvalue weighted by Crippen LogP contribution is 2.23. The van der Waals surface area contributed by atoms with Crippen LogP contribution >= 0.6 is 0 Å². The number of anilines is 1. The van der Waals surface area contributed by atoms with Gasteiger partial charge < -0.3 is 4.74 Å². The number of ether oxygens (including phenoxy) is 1. The topological polar surface area (TPSA) is 54.4 Å². The molecule has 0 saturated heterocycles. The molecule has 0 bridgehead atoms. The van der Waals surface area contributed by atoms with Gasteiger partial charge >= 0.3 is 0 Å². The molecule has 0 saturated carbocycles. The van der Waals surface area contributed by atoms with E-state index in [9.17, 15) is 0 Å². The highest BCUT2D eigenvalue weighted by Gasteiger charge is 2.05. The molecule has 0 aliphatic heterocycles. The molecule has 70 valence electrons. The minimum absolute atomic E-state index is 0.374. The minimum Gasteiger partial charge on any atom is -0.494 e. The summed E-state index contributed by atoms with van der Waals surface area (Å²) in [5.41, 5.74) is 3.39. The molecular weight excluding hydrogens is 168 g/mol. The molecule has 0 aliphatic rings. The van der Waals surface area contributed by atoms with E-state index in [0.717, 1.165) is 5.57 Å². The van der Waals surface area contributed by atoms with E-state index in [0.29, 0.717) is 17.3 Å². The van der Waals surface area contributed by atoms with Crippen molar-refractivity contribution in [2.45, 2.75) is 6.92 Å². The van der Waals surface area contributed by atoms with Crippen molar-refractivity contribution in [1.82, 2.24) is 4.98 Å². The molecule has 4 nitrogen and oxygen atoms in total. The third-order valence-corrected chi connectivity index (χ3v) is 1.60. The Bertz CT molecular complexity index is 323. The van der Waals surface area contributed by atoms with E-state index in [-0.39, 0.29) is 0 Å². The maximum absolute atomic E-state index is 8.62. The number of allylic oxidation sites excluding steroid dienone is 1. The molecule has 0 spiro atoms. The second-order valence-electron chi connectivity index (χ2n) is 2.64. The van der Waals surface area contributed by atoms with Gasteiger partial charge in [0, 0.05) is 0 Å². The predicted octanol–water partition coefficient (Wildman–Crippen LogP) is 1.92. The highest BCUT2D eigenvalue weighted by molar-refractivity contribution is 5.65. The Kier molecular flexibility index (Phi) is 2.87. The van der Waals surface area contributed by atoms with Gasteiger partial charge in [-0.3, -0.25) is 10.7 Å². The summed E-state index contributed by atoms with van der Waals surface area (Å²) in [5.74, 6) is 1.02. The molecule has 0 fully saturated rings. The van der Waals surface area contributed by atoms with Crippen LogP contribution in [-0.4, -0.2) is 17.3 Å². The van der Waals surface area contributed by atoms with Crippen molar-refractivity contribution in [3.05, 3.63) is 24.4 Å². The molecule has 4 heteroatoms. The van der Waals surface area contributed by atoms with Crippen molar-refractivity contribution < 1.29 is 9.94 Å². The lowest BCUT2D eigenvalue weighted by atomic mass is 10.2. The van der Waals surface area contributed by atoms with Gasteiger partial charge in [-0.25, -0.2) is 4.98 Å². The molecule has 13 heavy (non-hydrogen) atoms. The zero-order valence-corrected chi connectivity index (χ0v) is 7.66. The lowest BCUT2D eigenvalue weighted by molar-refractivity contribution is 0.384. The first-order valence-electron chi connectivity index (χ1n) is 3.80. The van der Waals surface area contributed by atoms with Crippen LogP contribution in [0.1, 0.15) is 12.6 Å². The zero-order chi connectivity index (χ0) is 9.84. The van der Waals surface area contributed by atoms with Crippen LogP contribution in [0.4, 0.5) is 5.82 Å². The maximum atomic E-state index is 8.62. The van der Waals surface area contributed by atoms with Crippen molar-refractivity contribution in [3.8, 4) is 5.75 Å². The van der Waals surface area contributed by atoms with Crippen LogP contribution in [-0.2, 0) is 0 Å². The molecular formula is C9H12N2O2. The average molecular weight is 180 g/mol. The Labute approximate surface area is 76.8 Å². The van der Waals surface area contributed by atoms with Crippen LogP contribution in [0.15, 0.2) is 18.7 Å². The quantitative estimate of drug-likeness (QED) is 0.698. The fraction of sp³-hybridized carbons (Fsp3) is 0.222. The number of nitrogens with zero attached hydrogens (tertiary/aromatic N) is 1. The van der Waals surface area contributed by atoms with Crippen LogP contribution in [0.25, 0.3) is 5.57 Å². The van der Waals surface area contributed by atoms with Gasteiger partial charge in [-0.1, -0.05) is 6.58 Å². The smallest absolute Gasteiger partial charge is 0.150 e. The van der Waals surface area contributed by atoms with Crippen molar-refractivity contribution in [1.29, 1.82) is 0 Å². The lowest BCUT2D eigenvalue weighted by Crippen LogP contribution is -1.98. The first kappa shape index (κ1) is 9.54. The van der Waals surface area contributed by atoms with E-state index in [1.165, 1.54) is 0 Å². The van der Waals surface area contributed by atoms with Gasteiger partial charge in [0.2, 0.25) is 0 Å². The number of pyridine rings is 1. The molecule has 0 amide bonds. The van der Waals surface area contributed by atoms with Crippen LogP contribution in [0.3, 0.4) is 0 Å². The average Bonchev–Trinajstić information content (AvgIpc) is 2.16. The molecule has 1 aromatic heterocycles. The van der Waals surface area contributed by atoms with Crippen molar-refractivity contribution in [2.24, 2.45) is 0 Å². The van der Waals surface area contributed by atoms with Crippen LogP contribution in [0.2, 0.25) is 0 Å². The summed E-state index contributed by atoms with van der Waals surface area (Å²) in [5, 5.41) is 8.62. The van der Waals surface area contributed by atoms with Crippen LogP contribution in [0, 0.1) is 0 Å². The standard InChI is InChI=1S/C9H12N2O2/c1-6(2)9-7(13-3)4-5-8(10-9)11-12/h4-5,12H,1H2,2-3H3,(H,10,11). The Morgan fingerprint density at radius 1 is 1.62 bits per heavy atom. The Morgan fingerprint density at radius 3 is 2.77 bits per heavy atom. The van der Waals surface area contributed by atoms with E-state index in [1.54, 1.807) is 19.2 Å². The highest BCUT2D eigenvalue weighted by atomic mass is 16.5. The van der Waals surface area contributed by atoms with Gasteiger partial charge in [-0.15, -0.1) is 0 Å². The molecule has 0 radical (unpaired) electrons. The van der Waals surface area contributed by atoms with Gasteiger partial charge in [0.15, 0.2) is 0 Å². The summed E-state index contributed by atoms with van der Waals surface area (Å²) in [7, 11) is 1.56. The van der Waals surface area contributed by atoms with Crippen LogP contribution < -0.4 is 10.2 Å². The minimum atomic E-state index is 0.374. The first-order chi connectivity index (χ1) is 6.19. The summed E-state index contributed by atoms with van der Waals surface area (Å²) < 4.78 is 5.07. The second kappa shape index (κ2) is 3.91. The van der Waals surface area contributed by atoms with Gasteiger partial charge in [0.05, 0.1) is 7.11 Å². The molecule has 0 aliphatic carbocycles. The van der Waals surface area contributed by atoms with Gasteiger partial charge in [0.1, 0.15) is 17.3 Å². The van der Waals surface area contributed by atoms with Crippen molar-refractivity contribution in [2.75, 3.05) is 12.6 Å². The van der Waals surface area contributed by atoms with Gasteiger partial charge in [0.25, 0.3) is 0 Å². The Hall–Kier alpha value is -1.55. The summed E-state index contributed by atoms with van der Waals surface area (Å²) in [6.07, 6.45) is 0. The summed E-state index contributed by atoms with van der Waals surface area (Å²) in [4.78, 5) is 4.08. The van der Waals surface area contributed by atoms with E-state index in [4.69, 9.17) is 9.94 Å². The third kappa shape index (κ3) is 1.97. The molecule has 0 atom stereocenters. The first-order valence-corrected chi connectivity index (χ1v) is 3.80. The summed E-state index contributed by atoms with van der Waals surface area (Å²) >= 11 is 0. The maximum Gasteiger partial charge on any atom is 0.150 e. The fourth-order valence-corrected chi connectivity index (χ4v) is 0.979. The van der Waals surface area contributed by atoms with Crippen LogP contribution in [0.5, 0.6) is 5.75 Å². The fourth-order valence-electron chi connectivity index (χ4n) is 0.979. The predicted molar refractivity (Wildman–Crippen MR) is 50.9 cm³/mol. The lowest BCUT2D eigenvalue weighted by Gasteiger charge is -2.08. The number of hydrogen-bond acceptors (Lipinski definition) is 4. The van der Waals surface area contributed by atoms with Crippen molar-refractivity contribution >= 4 is 11.4 Å². The summed E-state index contributed by atoms with van der Waals surface area (Å²) in [6.45, 7) is 5.58. The monoisotopic (exact) mass is 180 g/mol. The molecule has 0 aromatic carbocycles. The number of nitrogens with one attached hydrogen (secondary N) is 1. The van der Waals surface area contributed by atoms with E-state index < -0.39 is 0 Å². The number of hydrogen-bond donors (Lipinski definition) is 2.